The van der Waals surface area contributed by atoms with Crippen molar-refractivity contribution in [2.75, 3.05) is 18.0 Å². The molecule has 2 unspecified atom stereocenters. The van der Waals surface area contributed by atoms with E-state index in [9.17, 15) is 0 Å². The average molecular weight is 280 g/mol. The molecule has 0 amide bonds. The molecule has 2 nitrogen and oxygen atoms in total. The molecule has 2 aromatic carbocycles. The van der Waals surface area contributed by atoms with Crippen molar-refractivity contribution in [2.45, 2.75) is 32.4 Å². The normalized spacial score (nSPS) is 22.3. The Labute approximate surface area is 127 Å². The van der Waals surface area contributed by atoms with Gasteiger partial charge in [0.2, 0.25) is 0 Å². The number of rotatable bonds is 3. The van der Waals surface area contributed by atoms with E-state index in [-0.39, 0.29) is 0 Å². The van der Waals surface area contributed by atoms with Gasteiger partial charge in [0.05, 0.1) is 6.04 Å². The van der Waals surface area contributed by atoms with Crippen LogP contribution >= 0.6 is 0 Å². The van der Waals surface area contributed by atoms with Gasteiger partial charge in [0.15, 0.2) is 0 Å². The predicted molar refractivity (Wildman–Crippen MR) is 89.8 cm³/mol. The second-order valence-electron chi connectivity index (χ2n) is 5.93. The first-order chi connectivity index (χ1) is 10.3. The summed E-state index contributed by atoms with van der Waals surface area (Å²) in [6.45, 7) is 6.48. The van der Waals surface area contributed by atoms with Crippen LogP contribution in [0.3, 0.4) is 0 Å². The van der Waals surface area contributed by atoms with Gasteiger partial charge < -0.3 is 10.2 Å². The summed E-state index contributed by atoms with van der Waals surface area (Å²) in [6.07, 6.45) is 1.17. The molecule has 21 heavy (non-hydrogen) atoms. The molecule has 1 aliphatic rings. The average Bonchev–Trinajstić information content (AvgIpc) is 2.56. The van der Waals surface area contributed by atoms with E-state index >= 15 is 0 Å². The third-order valence-corrected chi connectivity index (χ3v) is 4.44. The molecule has 1 N–H and O–H groups in total. The van der Waals surface area contributed by atoms with E-state index in [1.165, 1.54) is 23.2 Å². The van der Waals surface area contributed by atoms with E-state index in [2.05, 4.69) is 78.7 Å². The van der Waals surface area contributed by atoms with Crippen LogP contribution in [0.5, 0.6) is 0 Å². The van der Waals surface area contributed by atoms with Crippen molar-refractivity contribution in [1.82, 2.24) is 5.32 Å². The van der Waals surface area contributed by atoms with Gasteiger partial charge >= 0.3 is 0 Å². The molecular formula is C19H24N2. The number of piperazine rings is 1. The van der Waals surface area contributed by atoms with Gasteiger partial charge in [-0.05, 0) is 31.0 Å². The lowest BCUT2D eigenvalue weighted by Gasteiger charge is -2.42. The van der Waals surface area contributed by atoms with Gasteiger partial charge in [-0.3, -0.25) is 0 Å². The van der Waals surface area contributed by atoms with Crippen molar-refractivity contribution in [3.05, 3.63) is 65.7 Å². The Kier molecular flexibility index (Phi) is 4.26. The van der Waals surface area contributed by atoms with Gasteiger partial charge in [-0.15, -0.1) is 0 Å². The Morgan fingerprint density at radius 1 is 1.05 bits per heavy atom. The Balaban J connectivity index is 1.92. The highest BCUT2D eigenvalue weighted by atomic mass is 15.2. The number of anilines is 1. The second kappa shape index (κ2) is 6.31. The Morgan fingerprint density at radius 3 is 2.43 bits per heavy atom. The highest BCUT2D eigenvalue weighted by Gasteiger charge is 2.28. The maximum absolute atomic E-state index is 3.69. The summed E-state index contributed by atoms with van der Waals surface area (Å²) in [4.78, 5) is 2.55. The molecule has 0 bridgehead atoms. The molecule has 0 aliphatic carbocycles. The van der Waals surface area contributed by atoms with E-state index in [0.717, 1.165) is 13.1 Å². The maximum atomic E-state index is 3.69. The molecule has 2 heteroatoms. The van der Waals surface area contributed by atoms with E-state index in [1.807, 2.05) is 0 Å². The fraction of sp³-hybridized carbons (Fsp3) is 0.368. The lowest BCUT2D eigenvalue weighted by atomic mass is 9.99. The minimum absolute atomic E-state index is 0.414. The van der Waals surface area contributed by atoms with Crippen LogP contribution in [0.4, 0.5) is 5.69 Å². The lowest BCUT2D eigenvalue weighted by molar-refractivity contribution is 0.390. The molecule has 1 saturated heterocycles. The minimum Gasteiger partial charge on any atom is -0.362 e. The fourth-order valence-electron chi connectivity index (χ4n) is 3.09. The first-order valence-electron chi connectivity index (χ1n) is 7.89. The molecule has 2 atom stereocenters. The molecular weight excluding hydrogens is 256 g/mol. The van der Waals surface area contributed by atoms with E-state index in [4.69, 9.17) is 0 Å². The third-order valence-electron chi connectivity index (χ3n) is 4.44. The highest BCUT2D eigenvalue weighted by Crippen LogP contribution is 2.30. The van der Waals surface area contributed by atoms with E-state index < -0.39 is 0 Å². The van der Waals surface area contributed by atoms with Crippen LogP contribution in [-0.2, 0) is 0 Å². The molecule has 1 aliphatic heterocycles. The van der Waals surface area contributed by atoms with E-state index in [0.29, 0.717) is 12.1 Å². The maximum Gasteiger partial charge on any atom is 0.0667 e. The van der Waals surface area contributed by atoms with Crippen molar-refractivity contribution in [1.29, 1.82) is 0 Å². The largest absolute Gasteiger partial charge is 0.362 e. The van der Waals surface area contributed by atoms with Crippen molar-refractivity contribution in [2.24, 2.45) is 0 Å². The molecule has 110 valence electrons. The van der Waals surface area contributed by atoms with Crippen LogP contribution in [-0.4, -0.2) is 19.1 Å². The Morgan fingerprint density at radius 2 is 1.76 bits per heavy atom. The quantitative estimate of drug-likeness (QED) is 0.916. The first-order valence-corrected chi connectivity index (χ1v) is 7.89. The molecule has 0 radical (unpaired) electrons. The number of nitrogens with zero attached hydrogens (tertiary/aromatic N) is 1. The highest BCUT2D eigenvalue weighted by molar-refractivity contribution is 5.51. The third kappa shape index (κ3) is 3.11. The molecule has 1 fully saturated rings. The van der Waals surface area contributed by atoms with Gasteiger partial charge in [0.1, 0.15) is 0 Å². The van der Waals surface area contributed by atoms with Crippen LogP contribution in [0.2, 0.25) is 0 Å². The topological polar surface area (TPSA) is 15.3 Å². The van der Waals surface area contributed by atoms with Crippen LogP contribution in [0, 0.1) is 6.92 Å². The number of benzene rings is 2. The van der Waals surface area contributed by atoms with Crippen LogP contribution < -0.4 is 10.2 Å². The van der Waals surface area contributed by atoms with Crippen molar-refractivity contribution in [3.63, 3.8) is 0 Å². The monoisotopic (exact) mass is 280 g/mol. The smallest absolute Gasteiger partial charge is 0.0667 e. The van der Waals surface area contributed by atoms with Gasteiger partial charge in [-0.1, -0.05) is 55.0 Å². The van der Waals surface area contributed by atoms with Gasteiger partial charge in [0.25, 0.3) is 0 Å². The Bertz CT molecular complexity index is 562. The van der Waals surface area contributed by atoms with Gasteiger partial charge in [0, 0.05) is 24.8 Å². The van der Waals surface area contributed by atoms with Crippen molar-refractivity contribution in [3.8, 4) is 0 Å². The van der Waals surface area contributed by atoms with Gasteiger partial charge in [-0.25, -0.2) is 0 Å². The first kappa shape index (κ1) is 14.2. The lowest BCUT2D eigenvalue weighted by Crippen LogP contribution is -2.52. The molecule has 0 saturated carbocycles. The summed E-state index contributed by atoms with van der Waals surface area (Å²) in [5.41, 5.74) is 4.03. The fourth-order valence-corrected chi connectivity index (χ4v) is 3.09. The number of nitrogens with one attached hydrogen (secondary N) is 1. The molecule has 0 spiro atoms. The summed E-state index contributed by atoms with van der Waals surface area (Å²) in [5.74, 6) is 0. The summed E-state index contributed by atoms with van der Waals surface area (Å²) >= 11 is 0. The number of hydrogen-bond donors (Lipinski definition) is 1. The summed E-state index contributed by atoms with van der Waals surface area (Å²) in [5, 5.41) is 3.69. The van der Waals surface area contributed by atoms with Crippen LogP contribution in [0.15, 0.2) is 54.6 Å². The standard InChI is InChI=1S/C19H24N2/c1-3-17-14-21(18-11-9-15(2)10-12-18)19(13-20-17)16-7-5-4-6-8-16/h4-12,17,19-20H,3,13-14H2,1-2H3. The minimum atomic E-state index is 0.414. The zero-order valence-corrected chi connectivity index (χ0v) is 12.9. The molecule has 2 aromatic rings. The van der Waals surface area contributed by atoms with Crippen molar-refractivity contribution >= 4 is 5.69 Å². The number of hydrogen-bond acceptors (Lipinski definition) is 2. The van der Waals surface area contributed by atoms with Crippen LogP contribution in [0.25, 0.3) is 0 Å². The SMILES string of the molecule is CCC1CN(c2ccc(C)cc2)C(c2ccccc2)CN1. The number of aryl methyl sites for hydroxylation is 1. The van der Waals surface area contributed by atoms with Crippen LogP contribution in [0.1, 0.15) is 30.5 Å². The zero-order chi connectivity index (χ0) is 14.7. The van der Waals surface area contributed by atoms with Crippen molar-refractivity contribution < 1.29 is 0 Å². The summed E-state index contributed by atoms with van der Waals surface area (Å²) in [7, 11) is 0. The van der Waals surface area contributed by atoms with Gasteiger partial charge in [-0.2, -0.15) is 0 Å². The molecule has 3 rings (SSSR count). The molecule has 1 heterocycles. The Hall–Kier alpha value is -1.80. The predicted octanol–water partition coefficient (Wildman–Crippen LogP) is 3.92. The summed E-state index contributed by atoms with van der Waals surface area (Å²) in [6, 6.07) is 20.7. The summed E-state index contributed by atoms with van der Waals surface area (Å²) < 4.78 is 0. The zero-order valence-electron chi connectivity index (χ0n) is 12.9. The molecule has 0 aromatic heterocycles. The second-order valence-corrected chi connectivity index (χ2v) is 5.93. The van der Waals surface area contributed by atoms with E-state index in [1.54, 1.807) is 0 Å².